The molecule has 1 aromatic carbocycles. The molecule has 0 aliphatic carbocycles. The fraction of sp³-hybridized carbons (Fsp3) is 0.417. The second-order valence-electron chi connectivity index (χ2n) is 8.35. The molecule has 34 heavy (non-hydrogen) atoms. The minimum Gasteiger partial charge on any atom is -0.496 e. The van der Waals surface area contributed by atoms with E-state index in [-0.39, 0.29) is 18.6 Å². The maximum atomic E-state index is 12.3. The van der Waals surface area contributed by atoms with Crippen molar-refractivity contribution in [1.82, 2.24) is 20.3 Å². The Kier molecular flexibility index (Phi) is 6.41. The molecule has 2 aliphatic heterocycles. The Morgan fingerprint density at radius 3 is 2.82 bits per heavy atom. The van der Waals surface area contributed by atoms with Crippen LogP contribution in [0.2, 0.25) is 0 Å². The van der Waals surface area contributed by atoms with Gasteiger partial charge in [0.25, 0.3) is 0 Å². The summed E-state index contributed by atoms with van der Waals surface area (Å²) in [6.07, 6.45) is 1.63. The molecule has 3 N–H and O–H groups in total. The first-order chi connectivity index (χ1) is 16.7. The van der Waals surface area contributed by atoms with Gasteiger partial charge in [0, 0.05) is 30.8 Å². The largest absolute Gasteiger partial charge is 0.496 e. The van der Waals surface area contributed by atoms with Crippen molar-refractivity contribution < 1.29 is 19.4 Å². The van der Waals surface area contributed by atoms with E-state index in [4.69, 9.17) is 19.4 Å². The number of fused-ring (bicyclic) bond motifs is 1. The number of anilines is 2. The van der Waals surface area contributed by atoms with Gasteiger partial charge in [-0.2, -0.15) is 9.97 Å². The number of nitrogens with zero attached hydrogens (tertiary/aromatic N) is 4. The third kappa shape index (κ3) is 4.46. The van der Waals surface area contributed by atoms with E-state index in [9.17, 15) is 9.90 Å². The molecule has 10 heteroatoms. The maximum Gasteiger partial charge on any atom is 0.242 e. The van der Waals surface area contributed by atoms with Crippen molar-refractivity contribution in [2.24, 2.45) is 0 Å². The van der Waals surface area contributed by atoms with Gasteiger partial charge in [-0.05, 0) is 43.2 Å². The molecule has 3 aromatic rings. The predicted molar refractivity (Wildman–Crippen MR) is 128 cm³/mol. The third-order valence-electron chi connectivity index (χ3n) is 6.19. The van der Waals surface area contributed by atoms with Crippen molar-refractivity contribution in [2.75, 3.05) is 50.2 Å². The highest BCUT2D eigenvalue weighted by Gasteiger charge is 2.24. The normalized spacial score (nSPS) is 18.6. The predicted octanol–water partition coefficient (Wildman–Crippen LogP) is 1.72. The number of aromatic nitrogens is 3. The number of rotatable bonds is 6. The molecule has 0 radical (unpaired) electrons. The molecule has 0 bridgehead atoms. The zero-order valence-corrected chi connectivity index (χ0v) is 19.1. The molecule has 2 fully saturated rings. The second kappa shape index (κ2) is 9.78. The molecule has 1 atom stereocenters. The van der Waals surface area contributed by atoms with Crippen LogP contribution in [0.4, 0.5) is 11.8 Å². The van der Waals surface area contributed by atoms with Crippen LogP contribution in [0.3, 0.4) is 0 Å². The van der Waals surface area contributed by atoms with E-state index in [0.29, 0.717) is 42.7 Å². The van der Waals surface area contributed by atoms with Gasteiger partial charge in [0.2, 0.25) is 11.9 Å². The number of hydrogen-bond acceptors (Lipinski definition) is 9. The highest BCUT2D eigenvalue weighted by atomic mass is 16.5. The number of nitrogens with one attached hydrogen (secondary N) is 2. The standard InChI is InChI=1S/C24H28N6O4/c1-33-20-7-4-15(13-16(20)14-31)18-6-5-17-21(26-18)28-24(27-19-3-2-8-25-23(19)32)29-22(17)30-9-11-34-12-10-30/h4-7,13,19,31H,2-3,8-12,14H2,1H3,(H,25,32)(H,26,27,28,29). The number of aliphatic hydroxyl groups is 1. The first-order valence-electron chi connectivity index (χ1n) is 11.5. The quantitative estimate of drug-likeness (QED) is 0.500. The number of pyridine rings is 1. The van der Waals surface area contributed by atoms with Crippen LogP contribution < -0.4 is 20.3 Å². The monoisotopic (exact) mass is 464 g/mol. The number of carbonyl (C=O) groups excluding carboxylic acids is 1. The SMILES string of the molecule is COc1ccc(-c2ccc3c(N4CCOCC4)nc(NC4CCCNC4=O)nc3n2)cc1CO. The lowest BCUT2D eigenvalue weighted by Crippen LogP contribution is -2.44. The van der Waals surface area contributed by atoms with Crippen molar-refractivity contribution in [3.63, 3.8) is 0 Å². The van der Waals surface area contributed by atoms with Crippen LogP contribution in [-0.2, 0) is 16.1 Å². The fourth-order valence-corrected chi connectivity index (χ4v) is 4.36. The smallest absolute Gasteiger partial charge is 0.242 e. The highest BCUT2D eigenvalue weighted by molar-refractivity contribution is 5.90. The number of methoxy groups -OCH3 is 1. The average Bonchev–Trinajstić information content (AvgIpc) is 2.89. The van der Waals surface area contributed by atoms with Crippen LogP contribution in [-0.4, -0.2) is 72.0 Å². The first kappa shape index (κ1) is 22.3. The van der Waals surface area contributed by atoms with Crippen LogP contribution in [0, 0.1) is 0 Å². The summed E-state index contributed by atoms with van der Waals surface area (Å²) in [5.41, 5.74) is 2.79. The number of amides is 1. The molecule has 5 rings (SSSR count). The number of hydrogen-bond donors (Lipinski definition) is 3. The zero-order chi connectivity index (χ0) is 23.5. The summed E-state index contributed by atoms with van der Waals surface area (Å²) in [4.78, 5) is 28.8. The van der Waals surface area contributed by atoms with Crippen molar-refractivity contribution in [1.29, 1.82) is 0 Å². The van der Waals surface area contributed by atoms with Crippen LogP contribution in [0.1, 0.15) is 18.4 Å². The van der Waals surface area contributed by atoms with Crippen molar-refractivity contribution in [2.45, 2.75) is 25.5 Å². The molecule has 2 saturated heterocycles. The van der Waals surface area contributed by atoms with E-state index in [2.05, 4.69) is 20.5 Å². The van der Waals surface area contributed by atoms with E-state index < -0.39 is 0 Å². The summed E-state index contributed by atoms with van der Waals surface area (Å²) in [5, 5.41) is 16.6. The molecule has 2 aromatic heterocycles. The van der Waals surface area contributed by atoms with E-state index in [1.165, 1.54) is 0 Å². The maximum absolute atomic E-state index is 12.3. The van der Waals surface area contributed by atoms with Gasteiger partial charge in [0.1, 0.15) is 17.6 Å². The van der Waals surface area contributed by atoms with Gasteiger partial charge < -0.3 is 30.1 Å². The van der Waals surface area contributed by atoms with Crippen molar-refractivity contribution in [3.05, 3.63) is 35.9 Å². The van der Waals surface area contributed by atoms with E-state index in [0.717, 1.165) is 48.4 Å². The Hall–Kier alpha value is -3.50. The lowest BCUT2D eigenvalue weighted by atomic mass is 10.1. The molecule has 10 nitrogen and oxygen atoms in total. The second-order valence-corrected chi connectivity index (χ2v) is 8.35. The summed E-state index contributed by atoms with van der Waals surface area (Å²) in [6, 6.07) is 9.12. The van der Waals surface area contributed by atoms with Gasteiger partial charge in [-0.3, -0.25) is 4.79 Å². The Bertz CT molecular complexity index is 1200. The van der Waals surface area contributed by atoms with Gasteiger partial charge in [-0.15, -0.1) is 0 Å². The summed E-state index contributed by atoms with van der Waals surface area (Å²) >= 11 is 0. The van der Waals surface area contributed by atoms with Gasteiger partial charge in [-0.25, -0.2) is 4.98 Å². The molecule has 0 saturated carbocycles. The summed E-state index contributed by atoms with van der Waals surface area (Å²) in [7, 11) is 1.58. The van der Waals surface area contributed by atoms with Gasteiger partial charge in [0.15, 0.2) is 5.65 Å². The lowest BCUT2D eigenvalue weighted by Gasteiger charge is -2.29. The topological polar surface area (TPSA) is 122 Å². The molecular formula is C24H28N6O4. The van der Waals surface area contributed by atoms with Gasteiger partial charge in [0.05, 0.1) is 38.0 Å². The molecule has 2 aliphatic rings. The number of piperidine rings is 1. The Morgan fingerprint density at radius 1 is 1.21 bits per heavy atom. The van der Waals surface area contributed by atoms with E-state index in [1.807, 2.05) is 30.3 Å². The van der Waals surface area contributed by atoms with Gasteiger partial charge in [-0.1, -0.05) is 0 Å². The molecule has 0 spiro atoms. The summed E-state index contributed by atoms with van der Waals surface area (Å²) < 4.78 is 10.8. The third-order valence-corrected chi connectivity index (χ3v) is 6.19. The number of ether oxygens (including phenoxy) is 2. The molecule has 1 amide bonds. The minimum absolute atomic E-state index is 0.0423. The summed E-state index contributed by atoms with van der Waals surface area (Å²) in [5.74, 6) is 1.74. The molecule has 4 heterocycles. The highest BCUT2D eigenvalue weighted by Crippen LogP contribution is 2.30. The Labute approximate surface area is 197 Å². The molecule has 1 unspecified atom stereocenters. The fourth-order valence-electron chi connectivity index (χ4n) is 4.36. The first-order valence-corrected chi connectivity index (χ1v) is 11.5. The number of morpholine rings is 1. The van der Waals surface area contributed by atoms with Crippen molar-refractivity contribution >= 4 is 28.7 Å². The summed E-state index contributed by atoms with van der Waals surface area (Å²) in [6.45, 7) is 3.25. The zero-order valence-electron chi connectivity index (χ0n) is 19.1. The molecular weight excluding hydrogens is 436 g/mol. The van der Waals surface area contributed by atoms with E-state index in [1.54, 1.807) is 7.11 Å². The lowest BCUT2D eigenvalue weighted by molar-refractivity contribution is -0.123. The Balaban J connectivity index is 1.57. The number of aliphatic hydroxyl groups excluding tert-OH is 1. The average molecular weight is 465 g/mol. The number of benzene rings is 1. The van der Waals surface area contributed by atoms with Crippen LogP contribution >= 0.6 is 0 Å². The molecule has 178 valence electrons. The minimum atomic E-state index is -0.374. The number of carbonyl (C=O) groups is 1. The van der Waals surface area contributed by atoms with Crippen LogP contribution in [0.5, 0.6) is 5.75 Å². The Morgan fingerprint density at radius 2 is 2.06 bits per heavy atom. The van der Waals surface area contributed by atoms with E-state index >= 15 is 0 Å². The van der Waals surface area contributed by atoms with Crippen molar-refractivity contribution in [3.8, 4) is 17.0 Å². The van der Waals surface area contributed by atoms with Gasteiger partial charge >= 0.3 is 0 Å². The van der Waals surface area contributed by atoms with Crippen LogP contribution in [0.15, 0.2) is 30.3 Å². The van der Waals surface area contributed by atoms with Crippen LogP contribution in [0.25, 0.3) is 22.3 Å².